The molecule has 106 valence electrons. The summed E-state index contributed by atoms with van der Waals surface area (Å²) in [6, 6.07) is 8.90. The van der Waals surface area contributed by atoms with Gasteiger partial charge >= 0.3 is 0 Å². The normalized spacial score (nSPS) is 21.1. The van der Waals surface area contributed by atoms with Gasteiger partial charge in [-0.1, -0.05) is 39.0 Å². The monoisotopic (exact) mass is 277 g/mol. The molecule has 1 aromatic rings. The summed E-state index contributed by atoms with van der Waals surface area (Å²) in [6.45, 7) is 9.36. The highest BCUT2D eigenvalue weighted by Gasteiger charge is 2.25. The fraction of sp³-hybridized carbons (Fsp3) is 0.647. The van der Waals surface area contributed by atoms with E-state index in [0.29, 0.717) is 0 Å². The summed E-state index contributed by atoms with van der Waals surface area (Å²) in [5.74, 6) is 1.58. The summed E-state index contributed by atoms with van der Waals surface area (Å²) in [4.78, 5) is 1.51. The van der Waals surface area contributed by atoms with Crippen molar-refractivity contribution in [1.82, 2.24) is 5.32 Å². The highest BCUT2D eigenvalue weighted by Crippen LogP contribution is 2.40. The zero-order valence-electron chi connectivity index (χ0n) is 12.5. The molecule has 0 aromatic heterocycles. The van der Waals surface area contributed by atoms with Crippen LogP contribution >= 0.6 is 11.8 Å². The van der Waals surface area contributed by atoms with Gasteiger partial charge in [0.25, 0.3) is 0 Å². The summed E-state index contributed by atoms with van der Waals surface area (Å²) in [5.41, 5.74) is 1.56. The summed E-state index contributed by atoms with van der Waals surface area (Å²) in [7, 11) is 0. The first-order valence-electron chi connectivity index (χ1n) is 7.66. The first-order valence-corrected chi connectivity index (χ1v) is 8.54. The van der Waals surface area contributed by atoms with Gasteiger partial charge in [-0.05, 0) is 55.8 Å². The second-order valence-electron chi connectivity index (χ2n) is 5.95. The number of benzene rings is 1. The Morgan fingerprint density at radius 2 is 2.05 bits per heavy atom. The Balaban J connectivity index is 1.76. The third kappa shape index (κ3) is 4.25. The number of rotatable bonds is 7. The maximum absolute atomic E-state index is 3.55. The van der Waals surface area contributed by atoms with Crippen molar-refractivity contribution in [3.05, 3.63) is 29.8 Å². The van der Waals surface area contributed by atoms with Gasteiger partial charge in [0.2, 0.25) is 0 Å². The van der Waals surface area contributed by atoms with Crippen molar-refractivity contribution in [2.45, 2.75) is 50.2 Å². The molecule has 3 atom stereocenters. The molecular formula is C17H27NS. The zero-order valence-corrected chi connectivity index (χ0v) is 13.3. The molecule has 1 aliphatic rings. The third-order valence-electron chi connectivity index (χ3n) is 4.21. The maximum Gasteiger partial charge on any atom is 0.0138 e. The number of fused-ring (bicyclic) bond motifs is 1. The standard InChI is InChI=1S/C17H27NS/c1-4-9-18-12-14(3)13(2)10-16-11-15-7-5-6-8-17(15)19-16/h5-8,13-14,16,18H,4,9-12H2,1-3H3. The molecule has 1 heterocycles. The Hall–Kier alpha value is -0.470. The molecule has 0 amide bonds. The molecule has 0 radical (unpaired) electrons. The lowest BCUT2D eigenvalue weighted by Gasteiger charge is -2.23. The molecule has 2 heteroatoms. The molecule has 3 unspecified atom stereocenters. The summed E-state index contributed by atoms with van der Waals surface area (Å²) in [6.07, 6.45) is 3.84. The quantitative estimate of drug-likeness (QED) is 0.743. The predicted molar refractivity (Wildman–Crippen MR) is 85.9 cm³/mol. The van der Waals surface area contributed by atoms with Crippen LogP contribution in [0.2, 0.25) is 0 Å². The van der Waals surface area contributed by atoms with Gasteiger partial charge in [-0.25, -0.2) is 0 Å². The molecule has 1 aliphatic heterocycles. The first kappa shape index (κ1) is 14.9. The molecule has 1 aromatic carbocycles. The molecule has 19 heavy (non-hydrogen) atoms. The van der Waals surface area contributed by atoms with Gasteiger partial charge in [0, 0.05) is 10.1 Å². The molecular weight excluding hydrogens is 250 g/mol. The Morgan fingerprint density at radius 1 is 1.26 bits per heavy atom. The van der Waals surface area contributed by atoms with E-state index >= 15 is 0 Å². The average Bonchev–Trinajstić information content (AvgIpc) is 2.80. The van der Waals surface area contributed by atoms with Gasteiger partial charge in [-0.2, -0.15) is 0 Å². The van der Waals surface area contributed by atoms with Crippen LogP contribution < -0.4 is 5.32 Å². The van der Waals surface area contributed by atoms with Gasteiger partial charge < -0.3 is 5.32 Å². The maximum atomic E-state index is 3.55. The highest BCUT2D eigenvalue weighted by molar-refractivity contribution is 8.00. The summed E-state index contributed by atoms with van der Waals surface area (Å²) < 4.78 is 0. The van der Waals surface area contributed by atoms with E-state index in [1.807, 2.05) is 0 Å². The molecule has 0 saturated carbocycles. The predicted octanol–water partition coefficient (Wildman–Crippen LogP) is 4.37. The van der Waals surface area contributed by atoms with E-state index < -0.39 is 0 Å². The van der Waals surface area contributed by atoms with E-state index in [2.05, 4.69) is 62.1 Å². The van der Waals surface area contributed by atoms with Gasteiger partial charge in [0.05, 0.1) is 0 Å². The minimum absolute atomic E-state index is 0.774. The van der Waals surface area contributed by atoms with E-state index in [4.69, 9.17) is 0 Å². The van der Waals surface area contributed by atoms with Crippen LogP contribution in [0.3, 0.4) is 0 Å². The van der Waals surface area contributed by atoms with E-state index in [1.165, 1.54) is 30.7 Å². The molecule has 0 aliphatic carbocycles. The van der Waals surface area contributed by atoms with Crippen molar-refractivity contribution in [2.75, 3.05) is 13.1 Å². The highest BCUT2D eigenvalue weighted by atomic mass is 32.2. The minimum atomic E-state index is 0.774. The van der Waals surface area contributed by atoms with Crippen molar-refractivity contribution >= 4 is 11.8 Å². The first-order chi connectivity index (χ1) is 9.20. The lowest BCUT2D eigenvalue weighted by Crippen LogP contribution is -2.27. The summed E-state index contributed by atoms with van der Waals surface area (Å²) >= 11 is 2.09. The van der Waals surface area contributed by atoms with Gasteiger partial charge in [0.1, 0.15) is 0 Å². The van der Waals surface area contributed by atoms with Crippen LogP contribution in [-0.2, 0) is 6.42 Å². The van der Waals surface area contributed by atoms with E-state index in [1.54, 1.807) is 5.56 Å². The van der Waals surface area contributed by atoms with Crippen molar-refractivity contribution < 1.29 is 0 Å². The van der Waals surface area contributed by atoms with Gasteiger partial charge in [0.15, 0.2) is 0 Å². The molecule has 1 N–H and O–H groups in total. The zero-order chi connectivity index (χ0) is 13.7. The SMILES string of the molecule is CCCNCC(C)C(C)CC1Cc2ccccc2S1. The number of nitrogens with one attached hydrogen (secondary N) is 1. The van der Waals surface area contributed by atoms with Crippen LogP contribution in [0, 0.1) is 11.8 Å². The third-order valence-corrected chi connectivity index (χ3v) is 5.56. The van der Waals surface area contributed by atoms with Crippen LogP contribution in [0.25, 0.3) is 0 Å². The largest absolute Gasteiger partial charge is 0.316 e. The molecule has 0 saturated heterocycles. The second-order valence-corrected chi connectivity index (χ2v) is 7.29. The second kappa shape index (κ2) is 7.35. The summed E-state index contributed by atoms with van der Waals surface area (Å²) in [5, 5.41) is 4.34. The number of hydrogen-bond donors (Lipinski definition) is 1. The Kier molecular flexibility index (Phi) is 5.77. The molecule has 0 spiro atoms. The van der Waals surface area contributed by atoms with Crippen molar-refractivity contribution in [3.8, 4) is 0 Å². The molecule has 0 bridgehead atoms. The van der Waals surface area contributed by atoms with Gasteiger partial charge in [-0.3, -0.25) is 0 Å². The Morgan fingerprint density at radius 3 is 2.79 bits per heavy atom. The van der Waals surface area contributed by atoms with Crippen molar-refractivity contribution in [3.63, 3.8) is 0 Å². The van der Waals surface area contributed by atoms with E-state index in [9.17, 15) is 0 Å². The van der Waals surface area contributed by atoms with Crippen LogP contribution in [-0.4, -0.2) is 18.3 Å². The smallest absolute Gasteiger partial charge is 0.0138 e. The Labute approximate surface area is 122 Å². The van der Waals surface area contributed by atoms with E-state index in [0.717, 1.165) is 23.6 Å². The van der Waals surface area contributed by atoms with Crippen molar-refractivity contribution in [1.29, 1.82) is 0 Å². The topological polar surface area (TPSA) is 12.0 Å². The van der Waals surface area contributed by atoms with Crippen LogP contribution in [0.4, 0.5) is 0 Å². The lowest BCUT2D eigenvalue weighted by atomic mass is 9.90. The number of thioether (sulfide) groups is 1. The number of hydrogen-bond acceptors (Lipinski definition) is 2. The minimum Gasteiger partial charge on any atom is -0.316 e. The van der Waals surface area contributed by atoms with E-state index in [-0.39, 0.29) is 0 Å². The molecule has 0 fully saturated rings. The molecule has 1 nitrogen and oxygen atoms in total. The fourth-order valence-electron chi connectivity index (χ4n) is 2.74. The molecule has 2 rings (SSSR count). The fourth-order valence-corrected chi connectivity index (χ4v) is 4.22. The Bertz CT molecular complexity index is 366. The van der Waals surface area contributed by atoms with Gasteiger partial charge in [-0.15, -0.1) is 11.8 Å². The van der Waals surface area contributed by atoms with Crippen LogP contribution in [0.15, 0.2) is 29.2 Å². The van der Waals surface area contributed by atoms with Crippen LogP contribution in [0.1, 0.15) is 39.2 Å². The lowest BCUT2D eigenvalue weighted by molar-refractivity contribution is 0.345. The van der Waals surface area contributed by atoms with Crippen LogP contribution in [0.5, 0.6) is 0 Å². The average molecular weight is 277 g/mol. The van der Waals surface area contributed by atoms with Crippen molar-refractivity contribution in [2.24, 2.45) is 11.8 Å².